The fourth-order valence-corrected chi connectivity index (χ4v) is 3.16. The van der Waals surface area contributed by atoms with E-state index in [2.05, 4.69) is 4.98 Å². The summed E-state index contributed by atoms with van der Waals surface area (Å²) in [7, 11) is -0.199. The summed E-state index contributed by atoms with van der Waals surface area (Å²) >= 11 is 0. The second-order valence-electron chi connectivity index (χ2n) is 4.70. The summed E-state index contributed by atoms with van der Waals surface area (Å²) in [6.45, 7) is 0.983. The molecule has 0 bridgehead atoms. The van der Waals surface area contributed by atoms with Crippen LogP contribution in [0.3, 0.4) is 0 Å². The molecule has 0 aliphatic carbocycles. The number of aromatic nitrogens is 1. The molecule has 7 heteroatoms. The Labute approximate surface area is 114 Å². The smallest absolute Gasteiger partial charge is 0.281 e. The van der Waals surface area contributed by atoms with Crippen LogP contribution in [0, 0.1) is 0 Å². The normalized spacial score (nSPS) is 18.7. The van der Waals surface area contributed by atoms with Gasteiger partial charge in [0, 0.05) is 33.4 Å². The highest BCUT2D eigenvalue weighted by molar-refractivity contribution is 7.86. The lowest BCUT2D eigenvalue weighted by atomic mass is 10.1. The first-order chi connectivity index (χ1) is 9.00. The van der Waals surface area contributed by atoms with Gasteiger partial charge >= 0.3 is 0 Å². The summed E-state index contributed by atoms with van der Waals surface area (Å²) in [5.41, 5.74) is 0. The summed E-state index contributed by atoms with van der Waals surface area (Å²) in [4.78, 5) is 3.99. The van der Waals surface area contributed by atoms with Crippen LogP contribution in [0.1, 0.15) is 12.8 Å². The Hall–Kier alpha value is -1.18. The minimum absolute atomic E-state index is 0.0535. The van der Waals surface area contributed by atoms with E-state index in [1.165, 1.54) is 8.61 Å². The second kappa shape index (κ2) is 5.85. The Bertz CT molecular complexity index is 496. The maximum absolute atomic E-state index is 12.0. The van der Waals surface area contributed by atoms with Crippen LogP contribution in [0.15, 0.2) is 24.5 Å². The van der Waals surface area contributed by atoms with E-state index in [0.717, 1.165) is 5.75 Å². The SMILES string of the molecule is CN(C)S(=O)(=O)N1CCC(Oc2cccnc2)CC1. The van der Waals surface area contributed by atoms with Gasteiger partial charge in [-0.15, -0.1) is 0 Å². The molecule has 0 aromatic carbocycles. The van der Waals surface area contributed by atoms with E-state index in [4.69, 9.17) is 4.74 Å². The maximum Gasteiger partial charge on any atom is 0.281 e. The quantitative estimate of drug-likeness (QED) is 0.818. The van der Waals surface area contributed by atoms with Gasteiger partial charge in [0.25, 0.3) is 10.2 Å². The zero-order valence-corrected chi connectivity index (χ0v) is 12.0. The minimum Gasteiger partial charge on any atom is -0.489 e. The summed E-state index contributed by atoms with van der Waals surface area (Å²) in [5, 5.41) is 0. The van der Waals surface area contributed by atoms with E-state index >= 15 is 0 Å². The first kappa shape index (κ1) is 14.2. The van der Waals surface area contributed by atoms with Crippen LogP contribution < -0.4 is 4.74 Å². The van der Waals surface area contributed by atoms with Crippen molar-refractivity contribution in [3.05, 3.63) is 24.5 Å². The number of hydrogen-bond acceptors (Lipinski definition) is 4. The standard InChI is InChI=1S/C12H19N3O3S/c1-14(2)19(16,17)15-8-5-11(6-9-15)18-12-4-3-7-13-10-12/h3-4,7,10-11H,5-6,8-9H2,1-2H3. The fourth-order valence-electron chi connectivity index (χ4n) is 2.02. The third kappa shape index (κ3) is 3.43. The number of rotatable bonds is 4. The largest absolute Gasteiger partial charge is 0.489 e. The predicted molar refractivity (Wildman–Crippen MR) is 72.1 cm³/mol. The van der Waals surface area contributed by atoms with E-state index in [9.17, 15) is 8.42 Å². The van der Waals surface area contributed by atoms with Crippen molar-refractivity contribution in [3.63, 3.8) is 0 Å². The van der Waals surface area contributed by atoms with Crippen LogP contribution in [0.4, 0.5) is 0 Å². The molecule has 1 aromatic heterocycles. The summed E-state index contributed by atoms with van der Waals surface area (Å²) < 4.78 is 32.4. The van der Waals surface area contributed by atoms with Gasteiger partial charge in [0.2, 0.25) is 0 Å². The van der Waals surface area contributed by atoms with Gasteiger partial charge in [0.1, 0.15) is 11.9 Å². The Morgan fingerprint density at radius 3 is 2.58 bits per heavy atom. The molecule has 1 fully saturated rings. The molecule has 1 aliphatic heterocycles. The molecule has 0 N–H and O–H groups in total. The van der Waals surface area contributed by atoms with Crippen molar-refractivity contribution in [3.8, 4) is 5.75 Å². The lowest BCUT2D eigenvalue weighted by Crippen LogP contribution is -2.46. The molecule has 0 amide bonds. The topological polar surface area (TPSA) is 62.7 Å². The van der Waals surface area contributed by atoms with Crippen LogP contribution in [0.2, 0.25) is 0 Å². The first-order valence-electron chi connectivity index (χ1n) is 6.24. The van der Waals surface area contributed by atoms with Crippen molar-refractivity contribution >= 4 is 10.2 Å². The Morgan fingerprint density at radius 2 is 2.05 bits per heavy atom. The number of nitrogens with zero attached hydrogens (tertiary/aromatic N) is 3. The lowest BCUT2D eigenvalue weighted by molar-refractivity contribution is 0.132. The number of piperidine rings is 1. The molecule has 1 aliphatic rings. The zero-order chi connectivity index (χ0) is 13.9. The van der Waals surface area contributed by atoms with E-state index in [1.807, 2.05) is 12.1 Å². The maximum atomic E-state index is 12.0. The first-order valence-corrected chi connectivity index (χ1v) is 7.64. The molecule has 0 atom stereocenters. The van der Waals surface area contributed by atoms with E-state index in [0.29, 0.717) is 25.9 Å². The molecule has 0 saturated carbocycles. The second-order valence-corrected chi connectivity index (χ2v) is 6.84. The summed E-state index contributed by atoms with van der Waals surface area (Å²) in [6, 6.07) is 3.68. The van der Waals surface area contributed by atoms with Gasteiger partial charge in [-0.1, -0.05) is 0 Å². The van der Waals surface area contributed by atoms with Gasteiger partial charge in [-0.2, -0.15) is 17.0 Å². The molecular weight excluding hydrogens is 266 g/mol. The number of pyridine rings is 1. The van der Waals surface area contributed by atoms with Crippen LogP contribution >= 0.6 is 0 Å². The summed E-state index contributed by atoms with van der Waals surface area (Å²) in [5.74, 6) is 0.733. The van der Waals surface area contributed by atoms with Gasteiger partial charge in [0.15, 0.2) is 0 Å². The van der Waals surface area contributed by atoms with Crippen LogP contribution in [0.5, 0.6) is 5.75 Å². The van der Waals surface area contributed by atoms with Crippen molar-refractivity contribution in [1.29, 1.82) is 0 Å². The molecule has 106 valence electrons. The Kier molecular flexibility index (Phi) is 4.38. The highest BCUT2D eigenvalue weighted by atomic mass is 32.2. The van der Waals surface area contributed by atoms with Crippen molar-refractivity contribution in [2.75, 3.05) is 27.2 Å². The van der Waals surface area contributed by atoms with Gasteiger partial charge in [-0.05, 0) is 25.0 Å². The molecule has 6 nitrogen and oxygen atoms in total. The number of hydrogen-bond donors (Lipinski definition) is 0. The molecule has 2 rings (SSSR count). The van der Waals surface area contributed by atoms with Gasteiger partial charge < -0.3 is 4.74 Å². The van der Waals surface area contributed by atoms with Crippen LogP contribution in [-0.4, -0.2) is 55.3 Å². The lowest BCUT2D eigenvalue weighted by Gasteiger charge is -2.32. The molecule has 0 unspecified atom stereocenters. The van der Waals surface area contributed by atoms with Crippen LogP contribution in [0.25, 0.3) is 0 Å². The van der Waals surface area contributed by atoms with Gasteiger partial charge in [-0.3, -0.25) is 4.98 Å². The highest BCUT2D eigenvalue weighted by Gasteiger charge is 2.30. The zero-order valence-electron chi connectivity index (χ0n) is 11.2. The van der Waals surface area contributed by atoms with Gasteiger partial charge in [0.05, 0.1) is 6.20 Å². The molecule has 1 aromatic rings. The fraction of sp³-hybridized carbons (Fsp3) is 0.583. The molecule has 0 spiro atoms. The number of ether oxygens (including phenoxy) is 1. The van der Waals surface area contributed by atoms with E-state index in [-0.39, 0.29) is 6.10 Å². The highest BCUT2D eigenvalue weighted by Crippen LogP contribution is 2.20. The molecule has 0 radical (unpaired) electrons. The van der Waals surface area contributed by atoms with E-state index < -0.39 is 10.2 Å². The monoisotopic (exact) mass is 285 g/mol. The molecule has 1 saturated heterocycles. The average Bonchev–Trinajstić information content (AvgIpc) is 2.40. The van der Waals surface area contributed by atoms with Crippen molar-refractivity contribution < 1.29 is 13.2 Å². The van der Waals surface area contributed by atoms with Gasteiger partial charge in [-0.25, -0.2) is 0 Å². The predicted octanol–water partition coefficient (Wildman–Crippen LogP) is 0.731. The van der Waals surface area contributed by atoms with Crippen molar-refractivity contribution in [2.45, 2.75) is 18.9 Å². The molecule has 2 heterocycles. The van der Waals surface area contributed by atoms with Crippen LogP contribution in [-0.2, 0) is 10.2 Å². The Morgan fingerprint density at radius 1 is 1.37 bits per heavy atom. The molecule has 19 heavy (non-hydrogen) atoms. The minimum atomic E-state index is -3.30. The third-order valence-corrected chi connectivity index (χ3v) is 5.07. The van der Waals surface area contributed by atoms with Crippen molar-refractivity contribution in [1.82, 2.24) is 13.6 Å². The van der Waals surface area contributed by atoms with E-state index in [1.54, 1.807) is 26.5 Å². The third-order valence-electron chi connectivity index (χ3n) is 3.13. The average molecular weight is 285 g/mol. The van der Waals surface area contributed by atoms with Crippen molar-refractivity contribution in [2.24, 2.45) is 0 Å². The Balaban J connectivity index is 1.90. The molecular formula is C12H19N3O3S. The summed E-state index contributed by atoms with van der Waals surface area (Å²) in [6.07, 6.45) is 4.81.